The monoisotopic (exact) mass is 381 g/mol. The molecule has 0 saturated carbocycles. The zero-order valence-corrected chi connectivity index (χ0v) is 16.7. The van der Waals surface area contributed by atoms with Crippen LogP contribution in [-0.4, -0.2) is 18.7 Å². The molecule has 0 N–H and O–H groups in total. The van der Waals surface area contributed by atoms with E-state index >= 15 is 0 Å². The maximum atomic E-state index is 6.09. The second-order valence-electron chi connectivity index (χ2n) is 7.93. The van der Waals surface area contributed by atoms with Gasteiger partial charge in [-0.1, -0.05) is 67.6 Å². The topological polar surface area (TPSA) is 31.4 Å². The van der Waals surface area contributed by atoms with Crippen molar-refractivity contribution in [1.29, 1.82) is 0 Å². The fourth-order valence-corrected chi connectivity index (χ4v) is 4.35. The van der Waals surface area contributed by atoms with Crippen molar-refractivity contribution in [2.75, 3.05) is 13.7 Å². The van der Waals surface area contributed by atoms with Crippen LogP contribution in [0.15, 0.2) is 79.0 Å². The summed E-state index contributed by atoms with van der Waals surface area (Å²) in [6.45, 7) is 2.93. The molecular formula is C26H23NO2. The lowest BCUT2D eigenvalue weighted by atomic mass is 9.77. The van der Waals surface area contributed by atoms with Gasteiger partial charge < -0.3 is 9.47 Å². The number of methoxy groups -OCH3 is 1. The Morgan fingerprint density at radius 3 is 2.62 bits per heavy atom. The van der Waals surface area contributed by atoms with Crippen LogP contribution in [0, 0.1) is 0 Å². The molecule has 29 heavy (non-hydrogen) atoms. The SMILES string of the molecule is COc1ccc2c(c1)OCC2(C)Cc1c(-c2ccccc2)ncc2ccccc12. The van der Waals surface area contributed by atoms with Crippen molar-refractivity contribution in [3.63, 3.8) is 0 Å². The van der Waals surface area contributed by atoms with Gasteiger partial charge in [0.1, 0.15) is 11.5 Å². The van der Waals surface area contributed by atoms with E-state index in [1.807, 2.05) is 24.4 Å². The van der Waals surface area contributed by atoms with Crippen molar-refractivity contribution in [2.24, 2.45) is 0 Å². The summed E-state index contributed by atoms with van der Waals surface area (Å²) in [6, 6.07) is 25.1. The molecule has 0 aliphatic carbocycles. The number of fused-ring (bicyclic) bond motifs is 2. The maximum absolute atomic E-state index is 6.09. The van der Waals surface area contributed by atoms with E-state index < -0.39 is 0 Å². The molecule has 144 valence electrons. The van der Waals surface area contributed by atoms with E-state index in [0.717, 1.165) is 29.2 Å². The van der Waals surface area contributed by atoms with E-state index in [2.05, 4.69) is 61.5 Å². The number of pyridine rings is 1. The lowest BCUT2D eigenvalue weighted by Crippen LogP contribution is -2.27. The van der Waals surface area contributed by atoms with E-state index in [1.54, 1.807) is 7.11 Å². The van der Waals surface area contributed by atoms with Crippen LogP contribution in [0.3, 0.4) is 0 Å². The summed E-state index contributed by atoms with van der Waals surface area (Å²) < 4.78 is 11.5. The molecule has 3 aromatic carbocycles. The molecule has 0 spiro atoms. The van der Waals surface area contributed by atoms with Crippen molar-refractivity contribution in [3.8, 4) is 22.8 Å². The van der Waals surface area contributed by atoms with Crippen molar-refractivity contribution >= 4 is 10.8 Å². The molecule has 4 aromatic rings. The van der Waals surface area contributed by atoms with Crippen molar-refractivity contribution in [3.05, 3.63) is 90.1 Å². The Kier molecular flexibility index (Phi) is 4.24. The largest absolute Gasteiger partial charge is 0.497 e. The Balaban J connectivity index is 1.66. The summed E-state index contributed by atoms with van der Waals surface area (Å²) >= 11 is 0. The summed E-state index contributed by atoms with van der Waals surface area (Å²) in [5.74, 6) is 1.74. The second kappa shape index (κ2) is 6.93. The first-order chi connectivity index (χ1) is 14.2. The standard InChI is InChI=1S/C26H23NO2/c1-26(17-29-24-14-20(28-2)12-13-23(24)26)15-22-21-11-7-6-10-19(21)16-27-25(22)18-8-4-3-5-9-18/h3-14,16H,15,17H2,1-2H3. The summed E-state index contributed by atoms with van der Waals surface area (Å²) in [6.07, 6.45) is 2.83. The Bertz CT molecular complexity index is 1190. The Morgan fingerprint density at radius 1 is 1.00 bits per heavy atom. The van der Waals surface area contributed by atoms with Crippen LogP contribution in [0.4, 0.5) is 0 Å². The van der Waals surface area contributed by atoms with Crippen LogP contribution in [0.5, 0.6) is 11.5 Å². The minimum atomic E-state index is -0.128. The number of nitrogens with zero attached hydrogens (tertiary/aromatic N) is 1. The third-order valence-corrected chi connectivity index (χ3v) is 5.90. The second-order valence-corrected chi connectivity index (χ2v) is 7.93. The zero-order chi connectivity index (χ0) is 19.8. The van der Waals surface area contributed by atoms with Crippen molar-refractivity contribution in [1.82, 2.24) is 4.98 Å². The molecular weight excluding hydrogens is 358 g/mol. The molecule has 0 saturated heterocycles. The molecule has 5 rings (SSSR count). The van der Waals surface area contributed by atoms with Crippen LogP contribution in [0.1, 0.15) is 18.1 Å². The predicted octanol–water partition coefficient (Wildman–Crippen LogP) is 5.80. The van der Waals surface area contributed by atoms with Gasteiger partial charge in [-0.25, -0.2) is 0 Å². The van der Waals surface area contributed by atoms with E-state index in [0.29, 0.717) is 6.61 Å². The minimum Gasteiger partial charge on any atom is -0.497 e. The molecule has 1 unspecified atom stereocenters. The first kappa shape index (κ1) is 17.7. The molecule has 1 aromatic heterocycles. The van der Waals surface area contributed by atoms with Crippen LogP contribution in [-0.2, 0) is 11.8 Å². The van der Waals surface area contributed by atoms with Gasteiger partial charge >= 0.3 is 0 Å². The molecule has 1 atom stereocenters. The Labute approximate surface area is 170 Å². The van der Waals surface area contributed by atoms with Gasteiger partial charge in [0.05, 0.1) is 19.4 Å². The molecule has 3 heteroatoms. The average Bonchev–Trinajstić information content (AvgIpc) is 3.10. The van der Waals surface area contributed by atoms with Gasteiger partial charge in [-0.3, -0.25) is 4.98 Å². The zero-order valence-electron chi connectivity index (χ0n) is 16.7. The molecule has 0 radical (unpaired) electrons. The Hall–Kier alpha value is -3.33. The van der Waals surface area contributed by atoms with Gasteiger partial charge in [0, 0.05) is 34.2 Å². The van der Waals surface area contributed by atoms with E-state index in [1.165, 1.54) is 21.9 Å². The van der Waals surface area contributed by atoms with Crippen molar-refractivity contribution < 1.29 is 9.47 Å². The van der Waals surface area contributed by atoms with E-state index in [9.17, 15) is 0 Å². The highest BCUT2D eigenvalue weighted by atomic mass is 16.5. The number of ether oxygens (including phenoxy) is 2. The summed E-state index contributed by atoms with van der Waals surface area (Å²) in [7, 11) is 1.68. The third-order valence-electron chi connectivity index (χ3n) is 5.90. The average molecular weight is 381 g/mol. The van der Waals surface area contributed by atoms with Crippen LogP contribution in [0.2, 0.25) is 0 Å². The van der Waals surface area contributed by atoms with Gasteiger partial charge in [-0.15, -0.1) is 0 Å². The highest BCUT2D eigenvalue weighted by molar-refractivity contribution is 5.90. The van der Waals surface area contributed by atoms with Gasteiger partial charge in [0.15, 0.2) is 0 Å². The quantitative estimate of drug-likeness (QED) is 0.447. The molecule has 0 bridgehead atoms. The number of benzene rings is 3. The Morgan fingerprint density at radius 2 is 1.79 bits per heavy atom. The van der Waals surface area contributed by atoms with Crippen LogP contribution < -0.4 is 9.47 Å². The number of aromatic nitrogens is 1. The minimum absolute atomic E-state index is 0.128. The van der Waals surface area contributed by atoms with Gasteiger partial charge in [-0.05, 0) is 23.4 Å². The molecule has 2 heterocycles. The highest BCUT2D eigenvalue weighted by Gasteiger charge is 2.38. The molecule has 1 aliphatic heterocycles. The third kappa shape index (κ3) is 3.03. The molecule has 1 aliphatic rings. The predicted molar refractivity (Wildman–Crippen MR) is 117 cm³/mol. The number of rotatable bonds is 4. The van der Waals surface area contributed by atoms with E-state index in [4.69, 9.17) is 14.5 Å². The van der Waals surface area contributed by atoms with Crippen molar-refractivity contribution in [2.45, 2.75) is 18.8 Å². The number of hydrogen-bond acceptors (Lipinski definition) is 3. The first-order valence-electron chi connectivity index (χ1n) is 9.91. The van der Waals surface area contributed by atoms with E-state index in [-0.39, 0.29) is 5.41 Å². The first-order valence-corrected chi connectivity index (χ1v) is 9.91. The molecule has 0 fully saturated rings. The molecule has 0 amide bonds. The fourth-order valence-electron chi connectivity index (χ4n) is 4.35. The highest BCUT2D eigenvalue weighted by Crippen LogP contribution is 2.44. The maximum Gasteiger partial charge on any atom is 0.126 e. The smallest absolute Gasteiger partial charge is 0.126 e. The van der Waals surface area contributed by atoms with Crippen LogP contribution >= 0.6 is 0 Å². The summed E-state index contributed by atoms with van der Waals surface area (Å²) in [5, 5.41) is 2.42. The molecule has 3 nitrogen and oxygen atoms in total. The van der Waals surface area contributed by atoms with Gasteiger partial charge in [0.25, 0.3) is 0 Å². The number of hydrogen-bond donors (Lipinski definition) is 0. The lowest BCUT2D eigenvalue weighted by molar-refractivity contribution is 0.276. The fraction of sp³-hybridized carbons (Fsp3) is 0.192. The normalized spacial score (nSPS) is 17.7. The lowest BCUT2D eigenvalue weighted by Gasteiger charge is -2.25. The van der Waals surface area contributed by atoms with Gasteiger partial charge in [0.2, 0.25) is 0 Å². The van der Waals surface area contributed by atoms with Gasteiger partial charge in [-0.2, -0.15) is 0 Å². The summed E-state index contributed by atoms with van der Waals surface area (Å²) in [5.41, 5.74) is 4.56. The van der Waals surface area contributed by atoms with Crippen LogP contribution in [0.25, 0.3) is 22.0 Å². The summed E-state index contributed by atoms with van der Waals surface area (Å²) in [4.78, 5) is 4.87.